The van der Waals surface area contributed by atoms with E-state index < -0.39 is 30.2 Å². The molecule has 0 aliphatic rings. The Labute approximate surface area is 159 Å². The summed E-state index contributed by atoms with van der Waals surface area (Å²) in [5, 5.41) is 17.7. The van der Waals surface area contributed by atoms with Crippen molar-refractivity contribution in [1.29, 1.82) is 0 Å². The Morgan fingerprint density at radius 1 is 1.11 bits per heavy atom. The van der Waals surface area contributed by atoms with Crippen LogP contribution in [0.4, 0.5) is 0 Å². The minimum atomic E-state index is -1.13. The smallest absolute Gasteiger partial charge is 1.00 e. The predicted molar refractivity (Wildman–Crippen MR) is 60.1 cm³/mol. The molecule has 104 valence electrons. The van der Waals surface area contributed by atoms with Gasteiger partial charge in [-0.05, 0) is 13.8 Å². The largest absolute Gasteiger partial charge is 1.00 e. The molecule has 0 aliphatic heterocycles. The average Bonchev–Trinajstić information content (AvgIpc) is 2.22. The maximum atomic E-state index is 11.2. The van der Waals surface area contributed by atoms with Gasteiger partial charge in [0, 0.05) is 0 Å². The van der Waals surface area contributed by atoms with Crippen LogP contribution in [0.3, 0.4) is 0 Å². The van der Waals surface area contributed by atoms with Crippen LogP contribution in [0.15, 0.2) is 0 Å². The molecule has 4 N–H and O–H groups in total. The number of ether oxygens (including phenoxy) is 2. The third-order valence-electron chi connectivity index (χ3n) is 1.64. The number of carbonyl (C=O) groups is 2. The Kier molecular flexibility index (Phi) is 18.0. The summed E-state index contributed by atoms with van der Waals surface area (Å²) in [6.07, 6.45) is -1.88. The Morgan fingerprint density at radius 3 is 1.95 bits per heavy atom. The molecule has 7 nitrogen and oxygen atoms in total. The van der Waals surface area contributed by atoms with Gasteiger partial charge in [-0.15, -0.1) is 0 Å². The SMILES string of the molecule is C[C@H](O)COC(=O)C[C@H](N)C(=O)OC[C@H](C)O.[H-].[H-].[Na+].[Na+]. The van der Waals surface area contributed by atoms with Crippen LogP contribution >= 0.6 is 0 Å². The Bertz CT molecular complexity index is 272. The molecule has 0 amide bonds. The van der Waals surface area contributed by atoms with Gasteiger partial charge in [-0.25, -0.2) is 0 Å². The number of hydrogen-bond donors (Lipinski definition) is 3. The van der Waals surface area contributed by atoms with Crippen molar-refractivity contribution in [3.05, 3.63) is 0 Å². The van der Waals surface area contributed by atoms with Gasteiger partial charge in [0.1, 0.15) is 19.3 Å². The maximum absolute atomic E-state index is 11.2. The van der Waals surface area contributed by atoms with Crippen molar-refractivity contribution in [2.24, 2.45) is 5.73 Å². The number of rotatable bonds is 7. The van der Waals surface area contributed by atoms with Gasteiger partial charge in [0.05, 0.1) is 18.6 Å². The number of aliphatic hydroxyl groups is 2. The molecule has 9 heteroatoms. The van der Waals surface area contributed by atoms with Gasteiger partial charge in [-0.2, -0.15) is 0 Å². The minimum absolute atomic E-state index is 0. The molecule has 19 heavy (non-hydrogen) atoms. The summed E-state index contributed by atoms with van der Waals surface area (Å²) in [4.78, 5) is 22.3. The van der Waals surface area contributed by atoms with Crippen molar-refractivity contribution in [3.8, 4) is 0 Å². The first-order chi connectivity index (χ1) is 7.82. The predicted octanol–water partition coefficient (Wildman–Crippen LogP) is -7.22. The third-order valence-corrected chi connectivity index (χ3v) is 1.64. The fraction of sp³-hybridized carbons (Fsp3) is 0.800. The van der Waals surface area contributed by atoms with Gasteiger partial charge in [0.2, 0.25) is 0 Å². The average molecular weight is 297 g/mol. The number of esters is 2. The first-order valence-corrected chi connectivity index (χ1v) is 5.27. The Morgan fingerprint density at radius 2 is 1.53 bits per heavy atom. The fourth-order valence-corrected chi connectivity index (χ4v) is 0.845. The number of carbonyl (C=O) groups excluding carboxylic acids is 2. The zero-order valence-corrected chi connectivity index (χ0v) is 16.0. The minimum Gasteiger partial charge on any atom is -1.00 e. The van der Waals surface area contributed by atoms with Crippen LogP contribution in [-0.4, -0.2) is 53.6 Å². The molecule has 0 radical (unpaired) electrons. The molecule has 0 aromatic carbocycles. The zero-order chi connectivity index (χ0) is 13.4. The molecular formula is C10H21NNa2O6. The van der Waals surface area contributed by atoms with E-state index in [0.717, 1.165) is 0 Å². The first kappa shape index (κ1) is 24.8. The molecular weight excluding hydrogens is 276 g/mol. The van der Waals surface area contributed by atoms with E-state index in [1.807, 2.05) is 0 Å². The van der Waals surface area contributed by atoms with Crippen molar-refractivity contribution in [3.63, 3.8) is 0 Å². The second-order valence-corrected chi connectivity index (χ2v) is 3.82. The van der Waals surface area contributed by atoms with E-state index in [-0.39, 0.29) is 81.6 Å². The fourth-order valence-electron chi connectivity index (χ4n) is 0.845. The van der Waals surface area contributed by atoms with E-state index in [9.17, 15) is 9.59 Å². The third kappa shape index (κ3) is 15.0. The van der Waals surface area contributed by atoms with Gasteiger partial charge in [-0.1, -0.05) is 0 Å². The van der Waals surface area contributed by atoms with E-state index in [4.69, 9.17) is 15.9 Å². The number of hydrogen-bond acceptors (Lipinski definition) is 7. The molecule has 0 saturated heterocycles. The summed E-state index contributed by atoms with van der Waals surface area (Å²) in [6, 6.07) is -1.13. The molecule has 0 bridgehead atoms. The van der Waals surface area contributed by atoms with Crippen LogP contribution in [0.2, 0.25) is 0 Å². The quantitative estimate of drug-likeness (QED) is 0.315. The standard InChI is InChI=1S/C10H19NO6.2Na.2H/c1-6(12)4-16-9(14)3-8(11)10(15)17-5-7(2)13;;;;/h6-8,12-13H,3-5,11H2,1-2H3;;;;/q;2*+1;2*-1/t6-,7-,8-;;;;/m0..../s1. The van der Waals surface area contributed by atoms with Gasteiger partial charge in [0.25, 0.3) is 0 Å². The molecule has 3 atom stereocenters. The molecule has 0 saturated carbocycles. The normalized spacial score (nSPS) is 14.2. The first-order valence-electron chi connectivity index (χ1n) is 5.27. The maximum Gasteiger partial charge on any atom is 1.00 e. The van der Waals surface area contributed by atoms with E-state index >= 15 is 0 Å². The Hall–Kier alpha value is 0.820. The van der Waals surface area contributed by atoms with E-state index in [1.165, 1.54) is 13.8 Å². The summed E-state index contributed by atoms with van der Waals surface area (Å²) >= 11 is 0. The summed E-state index contributed by atoms with van der Waals surface area (Å²) in [6.45, 7) is 2.60. The van der Waals surface area contributed by atoms with E-state index in [2.05, 4.69) is 9.47 Å². The van der Waals surface area contributed by atoms with Crippen LogP contribution in [0.1, 0.15) is 23.1 Å². The monoisotopic (exact) mass is 297 g/mol. The van der Waals surface area contributed by atoms with Crippen molar-refractivity contribution in [2.75, 3.05) is 13.2 Å². The molecule has 0 unspecified atom stereocenters. The summed E-state index contributed by atoms with van der Waals surface area (Å²) in [5.41, 5.74) is 5.39. The zero-order valence-electron chi connectivity index (χ0n) is 14.0. The number of nitrogens with two attached hydrogens (primary N) is 1. The van der Waals surface area contributed by atoms with Crippen molar-refractivity contribution in [2.45, 2.75) is 38.5 Å². The van der Waals surface area contributed by atoms with E-state index in [1.54, 1.807) is 0 Å². The van der Waals surface area contributed by atoms with Crippen LogP contribution in [0.5, 0.6) is 0 Å². The van der Waals surface area contributed by atoms with Gasteiger partial charge in [0.15, 0.2) is 0 Å². The van der Waals surface area contributed by atoms with Crippen LogP contribution in [0, 0.1) is 0 Å². The van der Waals surface area contributed by atoms with Crippen molar-refractivity contribution >= 4 is 11.9 Å². The molecule has 0 rings (SSSR count). The van der Waals surface area contributed by atoms with Gasteiger partial charge < -0.3 is 28.3 Å². The Balaban J connectivity index is -0.000000213. The second kappa shape index (κ2) is 13.8. The second-order valence-electron chi connectivity index (χ2n) is 3.82. The molecule has 0 aromatic rings. The van der Waals surface area contributed by atoms with Crippen LogP contribution in [-0.2, 0) is 19.1 Å². The summed E-state index contributed by atoms with van der Waals surface area (Å²) in [7, 11) is 0. The molecule has 0 fully saturated rings. The van der Waals surface area contributed by atoms with Gasteiger partial charge >= 0.3 is 71.1 Å². The van der Waals surface area contributed by atoms with Gasteiger partial charge in [-0.3, -0.25) is 9.59 Å². The molecule has 0 aromatic heterocycles. The number of aliphatic hydroxyl groups excluding tert-OH is 2. The van der Waals surface area contributed by atoms with Crippen LogP contribution in [0.25, 0.3) is 0 Å². The van der Waals surface area contributed by atoms with Crippen LogP contribution < -0.4 is 64.8 Å². The van der Waals surface area contributed by atoms with E-state index in [0.29, 0.717) is 0 Å². The molecule has 0 aliphatic carbocycles. The summed E-state index contributed by atoms with van der Waals surface area (Å²) < 4.78 is 9.24. The molecule has 0 heterocycles. The molecule has 0 spiro atoms. The topological polar surface area (TPSA) is 119 Å². The van der Waals surface area contributed by atoms with Crippen molar-refractivity contribution < 1.29 is 91.2 Å². The summed E-state index contributed by atoms with van der Waals surface area (Å²) in [5.74, 6) is -1.47. The van der Waals surface area contributed by atoms with Crippen molar-refractivity contribution in [1.82, 2.24) is 0 Å².